The third-order valence-electron chi connectivity index (χ3n) is 3.94. The smallest absolute Gasteiger partial charge is 0.129 e. The molecule has 4 heteroatoms. The van der Waals surface area contributed by atoms with E-state index in [2.05, 4.69) is 0 Å². The van der Waals surface area contributed by atoms with Crippen molar-refractivity contribution in [2.24, 2.45) is 5.73 Å². The van der Waals surface area contributed by atoms with Crippen LogP contribution in [0.3, 0.4) is 0 Å². The van der Waals surface area contributed by atoms with Gasteiger partial charge in [-0.25, -0.2) is 4.39 Å². The van der Waals surface area contributed by atoms with E-state index in [1.165, 1.54) is 6.07 Å². The van der Waals surface area contributed by atoms with Gasteiger partial charge in [0.15, 0.2) is 0 Å². The topological polar surface area (TPSA) is 44.5 Å². The normalized spacial score (nSPS) is 26.2. The van der Waals surface area contributed by atoms with Crippen LogP contribution in [0.2, 0.25) is 0 Å². The molecule has 0 radical (unpaired) electrons. The first-order valence-corrected chi connectivity index (χ1v) is 7.30. The number of nitrogens with two attached hydrogens (primary N) is 1. The molecule has 2 N–H and O–H groups in total. The van der Waals surface area contributed by atoms with Gasteiger partial charge in [0, 0.05) is 18.7 Å². The Morgan fingerprint density at radius 3 is 2.60 bits per heavy atom. The second-order valence-corrected chi connectivity index (χ2v) is 5.58. The first-order valence-electron chi connectivity index (χ1n) is 7.30. The minimum absolute atomic E-state index is 0.0873. The van der Waals surface area contributed by atoms with Crippen LogP contribution in [-0.2, 0) is 9.47 Å². The summed E-state index contributed by atoms with van der Waals surface area (Å²) in [6.45, 7) is 1.85. The molecule has 4 atom stereocenters. The molecule has 1 saturated carbocycles. The number of methoxy groups -OCH3 is 1. The molecule has 112 valence electrons. The summed E-state index contributed by atoms with van der Waals surface area (Å²) >= 11 is 0. The van der Waals surface area contributed by atoms with Crippen molar-refractivity contribution in [2.45, 2.75) is 57.0 Å². The number of benzene rings is 1. The summed E-state index contributed by atoms with van der Waals surface area (Å²) in [4.78, 5) is 0. The standard InChI is InChI=1S/C16H24FNO2/c1-11(18)16(14-8-3-4-9-15(14)17)20-13-7-5-6-12(10-13)19-2/h3-4,8-9,11-13,16H,5-7,10,18H2,1-2H3. The molecular formula is C16H24FNO2. The highest BCUT2D eigenvalue weighted by atomic mass is 19.1. The maximum absolute atomic E-state index is 13.9. The molecule has 0 spiro atoms. The van der Waals surface area contributed by atoms with Crippen LogP contribution in [0.1, 0.15) is 44.3 Å². The predicted molar refractivity (Wildman–Crippen MR) is 76.9 cm³/mol. The minimum atomic E-state index is -0.406. The van der Waals surface area contributed by atoms with Gasteiger partial charge < -0.3 is 15.2 Å². The lowest BCUT2D eigenvalue weighted by Gasteiger charge is -2.33. The van der Waals surface area contributed by atoms with Gasteiger partial charge in [0.05, 0.1) is 12.2 Å². The van der Waals surface area contributed by atoms with Crippen molar-refractivity contribution in [2.75, 3.05) is 7.11 Å². The van der Waals surface area contributed by atoms with Crippen molar-refractivity contribution in [3.05, 3.63) is 35.6 Å². The molecule has 1 aliphatic rings. The molecular weight excluding hydrogens is 257 g/mol. The summed E-state index contributed by atoms with van der Waals surface area (Å²) in [7, 11) is 1.73. The van der Waals surface area contributed by atoms with Crippen LogP contribution in [0.5, 0.6) is 0 Å². The van der Waals surface area contributed by atoms with Crippen LogP contribution in [0.4, 0.5) is 4.39 Å². The summed E-state index contributed by atoms with van der Waals surface area (Å²) in [5, 5.41) is 0. The lowest BCUT2D eigenvalue weighted by Crippen LogP contribution is -2.34. The Bertz CT molecular complexity index is 425. The molecule has 3 nitrogen and oxygen atoms in total. The molecule has 0 aliphatic heterocycles. The van der Waals surface area contributed by atoms with E-state index in [1.54, 1.807) is 19.2 Å². The summed E-state index contributed by atoms with van der Waals surface area (Å²) < 4.78 is 25.5. The molecule has 0 saturated heterocycles. The van der Waals surface area contributed by atoms with Crippen molar-refractivity contribution in [1.29, 1.82) is 0 Å². The van der Waals surface area contributed by atoms with Crippen LogP contribution in [0, 0.1) is 5.82 Å². The zero-order chi connectivity index (χ0) is 14.5. The lowest BCUT2D eigenvalue weighted by molar-refractivity contribution is -0.0735. The van der Waals surface area contributed by atoms with Crippen molar-refractivity contribution in [3.8, 4) is 0 Å². The van der Waals surface area contributed by atoms with Gasteiger partial charge in [0.2, 0.25) is 0 Å². The van der Waals surface area contributed by atoms with Crippen molar-refractivity contribution < 1.29 is 13.9 Å². The SMILES string of the molecule is COC1CCCC(OC(c2ccccc2F)C(C)N)C1. The number of ether oxygens (including phenoxy) is 2. The fourth-order valence-electron chi connectivity index (χ4n) is 2.83. The van der Waals surface area contributed by atoms with Gasteiger partial charge in [-0.15, -0.1) is 0 Å². The summed E-state index contributed by atoms with van der Waals surface area (Å²) in [5.41, 5.74) is 6.54. The Morgan fingerprint density at radius 1 is 1.25 bits per heavy atom. The average molecular weight is 281 g/mol. The molecule has 1 fully saturated rings. The van der Waals surface area contributed by atoms with E-state index >= 15 is 0 Å². The minimum Gasteiger partial charge on any atom is -0.381 e. The number of hydrogen-bond donors (Lipinski definition) is 1. The zero-order valence-electron chi connectivity index (χ0n) is 12.2. The van der Waals surface area contributed by atoms with E-state index in [0.717, 1.165) is 25.7 Å². The van der Waals surface area contributed by atoms with Gasteiger partial charge in [-0.1, -0.05) is 18.2 Å². The molecule has 1 aromatic carbocycles. The molecule has 0 bridgehead atoms. The molecule has 20 heavy (non-hydrogen) atoms. The fraction of sp³-hybridized carbons (Fsp3) is 0.625. The predicted octanol–water partition coefficient (Wildman–Crippen LogP) is 3.19. The van der Waals surface area contributed by atoms with Crippen LogP contribution in [-0.4, -0.2) is 25.4 Å². The van der Waals surface area contributed by atoms with E-state index in [1.807, 2.05) is 13.0 Å². The zero-order valence-corrected chi connectivity index (χ0v) is 12.2. The third kappa shape index (κ3) is 3.78. The fourth-order valence-corrected chi connectivity index (χ4v) is 2.83. The molecule has 0 heterocycles. The number of hydrogen-bond acceptors (Lipinski definition) is 3. The summed E-state index contributed by atoms with van der Waals surface area (Å²) in [5.74, 6) is -0.256. The van der Waals surface area contributed by atoms with E-state index in [-0.39, 0.29) is 24.1 Å². The third-order valence-corrected chi connectivity index (χ3v) is 3.94. The number of halogens is 1. The second-order valence-electron chi connectivity index (χ2n) is 5.58. The highest BCUT2D eigenvalue weighted by molar-refractivity contribution is 5.21. The van der Waals surface area contributed by atoms with Crippen molar-refractivity contribution >= 4 is 0 Å². The molecule has 2 rings (SSSR count). The van der Waals surface area contributed by atoms with Gasteiger partial charge in [-0.3, -0.25) is 0 Å². The Labute approximate surface area is 120 Å². The lowest BCUT2D eigenvalue weighted by atomic mass is 9.94. The monoisotopic (exact) mass is 281 g/mol. The van der Waals surface area contributed by atoms with Crippen LogP contribution >= 0.6 is 0 Å². The van der Waals surface area contributed by atoms with Gasteiger partial charge in [0.25, 0.3) is 0 Å². The van der Waals surface area contributed by atoms with Gasteiger partial charge in [-0.2, -0.15) is 0 Å². The molecule has 4 unspecified atom stereocenters. The molecule has 0 aromatic heterocycles. The highest BCUT2D eigenvalue weighted by Gasteiger charge is 2.28. The quantitative estimate of drug-likeness (QED) is 0.901. The average Bonchev–Trinajstić information content (AvgIpc) is 2.45. The van der Waals surface area contributed by atoms with Crippen molar-refractivity contribution in [1.82, 2.24) is 0 Å². The molecule has 1 aliphatic carbocycles. The second kappa shape index (κ2) is 7.16. The van der Waals surface area contributed by atoms with Gasteiger partial charge in [0.1, 0.15) is 11.9 Å². The molecule has 1 aromatic rings. The Kier molecular flexibility index (Phi) is 5.52. The largest absolute Gasteiger partial charge is 0.381 e. The van der Waals surface area contributed by atoms with E-state index in [9.17, 15) is 4.39 Å². The van der Waals surface area contributed by atoms with Gasteiger partial charge in [-0.05, 0) is 38.7 Å². The first-order chi connectivity index (χ1) is 9.61. The highest BCUT2D eigenvalue weighted by Crippen LogP contribution is 2.30. The summed E-state index contributed by atoms with van der Waals surface area (Å²) in [6, 6.07) is 6.44. The Hall–Kier alpha value is -0.970. The van der Waals surface area contributed by atoms with Crippen molar-refractivity contribution in [3.63, 3.8) is 0 Å². The molecule has 0 amide bonds. The van der Waals surface area contributed by atoms with E-state index in [4.69, 9.17) is 15.2 Å². The number of rotatable bonds is 5. The van der Waals surface area contributed by atoms with E-state index < -0.39 is 6.10 Å². The van der Waals surface area contributed by atoms with Gasteiger partial charge >= 0.3 is 0 Å². The van der Waals surface area contributed by atoms with Crippen LogP contribution in [0.25, 0.3) is 0 Å². The van der Waals surface area contributed by atoms with Crippen LogP contribution in [0.15, 0.2) is 24.3 Å². The first kappa shape index (κ1) is 15.4. The summed E-state index contributed by atoms with van der Waals surface area (Å²) in [6.07, 6.45) is 3.90. The Balaban J connectivity index is 2.08. The Morgan fingerprint density at radius 2 is 1.95 bits per heavy atom. The van der Waals surface area contributed by atoms with Crippen LogP contribution < -0.4 is 5.73 Å². The maximum atomic E-state index is 13.9. The maximum Gasteiger partial charge on any atom is 0.129 e. The van der Waals surface area contributed by atoms with E-state index in [0.29, 0.717) is 5.56 Å².